The van der Waals surface area contributed by atoms with Crippen LogP contribution in [0.4, 0.5) is 5.69 Å². The summed E-state index contributed by atoms with van der Waals surface area (Å²) in [6.07, 6.45) is 3.41. The van der Waals surface area contributed by atoms with E-state index >= 15 is 0 Å². The number of aryl methyl sites for hydroxylation is 1. The minimum Gasteiger partial charge on any atom is -0.497 e. The van der Waals surface area contributed by atoms with Crippen molar-refractivity contribution in [1.82, 2.24) is 0 Å². The summed E-state index contributed by atoms with van der Waals surface area (Å²) in [6, 6.07) is 5.82. The Morgan fingerprint density at radius 1 is 1.38 bits per heavy atom. The molecule has 0 unspecified atom stereocenters. The largest absolute Gasteiger partial charge is 0.497 e. The molecule has 0 aliphatic carbocycles. The highest BCUT2D eigenvalue weighted by Gasteiger charge is 2.00. The number of methoxy groups -OCH3 is 1. The van der Waals surface area contributed by atoms with Crippen LogP contribution < -0.4 is 10.5 Å². The number of rotatable bonds is 4. The molecule has 0 aliphatic heterocycles. The molecule has 0 aliphatic rings. The average molecular weight is 179 g/mol. The predicted octanol–water partition coefficient (Wildman–Crippen LogP) is 2.62. The highest BCUT2D eigenvalue weighted by Crippen LogP contribution is 2.20. The summed E-state index contributed by atoms with van der Waals surface area (Å²) < 4.78 is 5.13. The van der Waals surface area contributed by atoms with Crippen LogP contribution in [0.15, 0.2) is 18.2 Å². The first-order valence-electron chi connectivity index (χ1n) is 4.70. The first-order valence-corrected chi connectivity index (χ1v) is 4.70. The van der Waals surface area contributed by atoms with Crippen LogP contribution in [-0.2, 0) is 6.42 Å². The lowest BCUT2D eigenvalue weighted by molar-refractivity contribution is 0.414. The number of nitrogens with two attached hydrogens (primary N) is 1. The first kappa shape index (κ1) is 9.90. The molecule has 2 N–H and O–H groups in total. The maximum Gasteiger partial charge on any atom is 0.119 e. The van der Waals surface area contributed by atoms with Gasteiger partial charge in [-0.2, -0.15) is 0 Å². The summed E-state index contributed by atoms with van der Waals surface area (Å²) in [5.74, 6) is 0.889. The number of unbranched alkanes of at least 4 members (excludes halogenated alkanes) is 1. The average Bonchev–Trinajstić information content (AvgIpc) is 2.17. The number of anilines is 1. The summed E-state index contributed by atoms with van der Waals surface area (Å²) in [5.41, 5.74) is 7.89. The van der Waals surface area contributed by atoms with Crippen LogP contribution in [0.5, 0.6) is 5.75 Å². The molecule has 0 aromatic heterocycles. The Morgan fingerprint density at radius 2 is 2.15 bits per heavy atom. The van der Waals surface area contributed by atoms with Crippen molar-refractivity contribution < 1.29 is 4.74 Å². The molecule has 1 aromatic carbocycles. The summed E-state index contributed by atoms with van der Waals surface area (Å²) in [4.78, 5) is 0. The minimum atomic E-state index is 0.870. The number of nitrogen functional groups attached to an aromatic ring is 1. The highest BCUT2D eigenvalue weighted by atomic mass is 16.5. The van der Waals surface area contributed by atoms with Crippen LogP contribution in [0.25, 0.3) is 0 Å². The van der Waals surface area contributed by atoms with Gasteiger partial charge >= 0.3 is 0 Å². The van der Waals surface area contributed by atoms with Gasteiger partial charge in [-0.3, -0.25) is 0 Å². The SMILES string of the molecule is CCCCc1cc(OC)ccc1N. The smallest absolute Gasteiger partial charge is 0.119 e. The Balaban J connectivity index is 2.78. The molecule has 2 heteroatoms. The van der Waals surface area contributed by atoms with Crippen LogP contribution in [-0.4, -0.2) is 7.11 Å². The van der Waals surface area contributed by atoms with Gasteiger partial charge in [0.1, 0.15) is 5.75 Å². The molecule has 2 nitrogen and oxygen atoms in total. The van der Waals surface area contributed by atoms with Crippen LogP contribution in [0.3, 0.4) is 0 Å². The quantitative estimate of drug-likeness (QED) is 0.721. The Bertz CT molecular complexity index is 271. The van der Waals surface area contributed by atoms with Gasteiger partial charge in [-0.1, -0.05) is 13.3 Å². The van der Waals surface area contributed by atoms with Crippen molar-refractivity contribution in [2.45, 2.75) is 26.2 Å². The molecule has 0 amide bonds. The van der Waals surface area contributed by atoms with Crippen molar-refractivity contribution in [3.8, 4) is 5.75 Å². The third-order valence-corrected chi connectivity index (χ3v) is 2.15. The van der Waals surface area contributed by atoms with Crippen LogP contribution >= 0.6 is 0 Å². The molecule has 13 heavy (non-hydrogen) atoms. The zero-order chi connectivity index (χ0) is 9.68. The second-order valence-corrected chi connectivity index (χ2v) is 3.17. The van der Waals surface area contributed by atoms with Crippen molar-refractivity contribution >= 4 is 5.69 Å². The number of ether oxygens (including phenoxy) is 1. The van der Waals surface area contributed by atoms with E-state index in [-0.39, 0.29) is 0 Å². The van der Waals surface area contributed by atoms with Gasteiger partial charge in [-0.25, -0.2) is 0 Å². The molecule has 1 aromatic rings. The molecule has 0 bridgehead atoms. The van der Waals surface area contributed by atoms with E-state index in [1.165, 1.54) is 18.4 Å². The molecule has 0 atom stereocenters. The molecule has 0 radical (unpaired) electrons. The zero-order valence-electron chi connectivity index (χ0n) is 8.34. The molecule has 1 rings (SSSR count). The molecule has 0 spiro atoms. The number of hydrogen-bond acceptors (Lipinski definition) is 2. The lowest BCUT2D eigenvalue weighted by Crippen LogP contribution is -1.95. The van der Waals surface area contributed by atoms with Crippen molar-refractivity contribution in [3.05, 3.63) is 23.8 Å². The van der Waals surface area contributed by atoms with Gasteiger partial charge in [-0.05, 0) is 36.6 Å². The normalized spacial score (nSPS) is 10.0. The zero-order valence-corrected chi connectivity index (χ0v) is 8.34. The standard InChI is InChI=1S/C11H17NO/c1-3-4-5-9-8-10(13-2)6-7-11(9)12/h6-8H,3-5,12H2,1-2H3. The van der Waals surface area contributed by atoms with Crippen LogP contribution in [0.1, 0.15) is 25.3 Å². The molecule has 0 fully saturated rings. The predicted molar refractivity (Wildman–Crippen MR) is 56.0 cm³/mol. The van der Waals surface area contributed by atoms with E-state index in [1.54, 1.807) is 7.11 Å². The monoisotopic (exact) mass is 179 g/mol. The summed E-state index contributed by atoms with van der Waals surface area (Å²) >= 11 is 0. The first-order chi connectivity index (χ1) is 6.27. The maximum atomic E-state index is 5.83. The van der Waals surface area contributed by atoms with Crippen molar-refractivity contribution in [2.24, 2.45) is 0 Å². The second-order valence-electron chi connectivity index (χ2n) is 3.17. The molecule has 0 heterocycles. The second kappa shape index (κ2) is 4.75. The Morgan fingerprint density at radius 3 is 2.77 bits per heavy atom. The molecule has 72 valence electrons. The van der Waals surface area contributed by atoms with E-state index in [4.69, 9.17) is 10.5 Å². The van der Waals surface area contributed by atoms with Gasteiger partial charge < -0.3 is 10.5 Å². The van der Waals surface area contributed by atoms with Crippen LogP contribution in [0.2, 0.25) is 0 Å². The number of hydrogen-bond donors (Lipinski definition) is 1. The van der Waals surface area contributed by atoms with Crippen molar-refractivity contribution in [3.63, 3.8) is 0 Å². The van der Waals surface area contributed by atoms with E-state index in [9.17, 15) is 0 Å². The third kappa shape index (κ3) is 2.65. The third-order valence-electron chi connectivity index (χ3n) is 2.15. The van der Waals surface area contributed by atoms with Crippen molar-refractivity contribution in [1.29, 1.82) is 0 Å². The fourth-order valence-corrected chi connectivity index (χ4v) is 1.29. The molecule has 0 saturated carbocycles. The fraction of sp³-hybridized carbons (Fsp3) is 0.455. The van der Waals surface area contributed by atoms with E-state index in [2.05, 4.69) is 6.92 Å². The summed E-state index contributed by atoms with van der Waals surface area (Å²) in [5, 5.41) is 0. The van der Waals surface area contributed by atoms with Gasteiger partial charge in [0.05, 0.1) is 7.11 Å². The topological polar surface area (TPSA) is 35.2 Å². The Labute approximate surface area is 79.7 Å². The van der Waals surface area contributed by atoms with E-state index < -0.39 is 0 Å². The van der Waals surface area contributed by atoms with E-state index in [0.29, 0.717) is 0 Å². The molecular weight excluding hydrogens is 162 g/mol. The van der Waals surface area contributed by atoms with Crippen LogP contribution in [0, 0.1) is 0 Å². The van der Waals surface area contributed by atoms with Gasteiger partial charge in [0.15, 0.2) is 0 Å². The Hall–Kier alpha value is -1.18. The minimum absolute atomic E-state index is 0.870. The van der Waals surface area contributed by atoms with Gasteiger partial charge in [0, 0.05) is 5.69 Å². The van der Waals surface area contributed by atoms with Gasteiger partial charge in [0.25, 0.3) is 0 Å². The summed E-state index contributed by atoms with van der Waals surface area (Å²) in [7, 11) is 1.68. The van der Waals surface area contributed by atoms with E-state index in [0.717, 1.165) is 17.9 Å². The van der Waals surface area contributed by atoms with Crippen molar-refractivity contribution in [2.75, 3.05) is 12.8 Å². The highest BCUT2D eigenvalue weighted by molar-refractivity contribution is 5.50. The van der Waals surface area contributed by atoms with Gasteiger partial charge in [0.2, 0.25) is 0 Å². The van der Waals surface area contributed by atoms with Gasteiger partial charge in [-0.15, -0.1) is 0 Å². The maximum absolute atomic E-state index is 5.83. The fourth-order valence-electron chi connectivity index (χ4n) is 1.29. The summed E-state index contributed by atoms with van der Waals surface area (Å²) in [6.45, 7) is 2.18. The lowest BCUT2D eigenvalue weighted by atomic mass is 10.1. The Kier molecular flexibility index (Phi) is 3.62. The van der Waals surface area contributed by atoms with E-state index in [1.807, 2.05) is 18.2 Å². The lowest BCUT2D eigenvalue weighted by Gasteiger charge is -2.07. The molecular formula is C11H17NO. The molecule has 0 saturated heterocycles. The number of benzene rings is 1.